The van der Waals surface area contributed by atoms with E-state index in [1.807, 2.05) is 0 Å². The highest BCUT2D eigenvalue weighted by molar-refractivity contribution is 5.85. The van der Waals surface area contributed by atoms with Crippen LogP contribution in [0, 0.1) is 0 Å². The first kappa shape index (κ1) is 16.6. The summed E-state index contributed by atoms with van der Waals surface area (Å²) in [6.45, 7) is 0.320. The summed E-state index contributed by atoms with van der Waals surface area (Å²) < 4.78 is 39.8. The van der Waals surface area contributed by atoms with E-state index in [4.69, 9.17) is 0 Å². The fraction of sp³-hybridized carbons (Fsp3) is 0.533. The number of carbonyl (C=O) groups is 1. The number of hydrogen-bond acceptors (Lipinski definition) is 3. The summed E-state index contributed by atoms with van der Waals surface area (Å²) >= 11 is 0. The minimum Gasteiger partial charge on any atom is -0.406 e. The number of halogens is 3. The molecule has 7 heteroatoms. The van der Waals surface area contributed by atoms with E-state index in [-0.39, 0.29) is 11.7 Å². The van der Waals surface area contributed by atoms with Gasteiger partial charge in [0.2, 0.25) is 0 Å². The van der Waals surface area contributed by atoms with Gasteiger partial charge in [0.05, 0.1) is 0 Å². The predicted molar refractivity (Wildman–Crippen MR) is 73.3 cm³/mol. The maximum absolute atomic E-state index is 12.0. The zero-order valence-electron chi connectivity index (χ0n) is 11.9. The number of rotatable bonds is 5. The molecule has 0 unspecified atom stereocenters. The highest BCUT2D eigenvalue weighted by Gasteiger charge is 2.38. The number of hydrogen-bond donors (Lipinski definition) is 2. The van der Waals surface area contributed by atoms with Gasteiger partial charge in [-0.15, -0.1) is 13.2 Å². The van der Waals surface area contributed by atoms with Crippen LogP contribution in [0.25, 0.3) is 0 Å². The molecule has 0 radical (unpaired) electrons. The van der Waals surface area contributed by atoms with Crippen molar-refractivity contribution in [1.82, 2.24) is 5.32 Å². The fourth-order valence-electron chi connectivity index (χ4n) is 2.53. The second-order valence-corrected chi connectivity index (χ2v) is 5.44. The van der Waals surface area contributed by atoms with Gasteiger partial charge in [-0.2, -0.15) is 0 Å². The molecule has 0 bridgehead atoms. The Bertz CT molecular complexity index is 508. The molecular formula is C15H18F3NO3. The number of benzene rings is 1. The third kappa shape index (κ3) is 4.62. The zero-order valence-corrected chi connectivity index (χ0v) is 11.9. The predicted octanol–water partition coefficient (Wildman–Crippen LogP) is 2.55. The van der Waals surface area contributed by atoms with Crippen LogP contribution in [0.1, 0.15) is 31.2 Å². The summed E-state index contributed by atoms with van der Waals surface area (Å²) in [6.07, 6.45) is -1.61. The number of carbonyl (C=O) groups excluding carboxylic acids is 1. The maximum Gasteiger partial charge on any atom is 0.573 e. The summed E-state index contributed by atoms with van der Waals surface area (Å²) in [7, 11) is 0. The quantitative estimate of drug-likeness (QED) is 0.877. The van der Waals surface area contributed by atoms with Gasteiger partial charge in [0, 0.05) is 6.54 Å². The topological polar surface area (TPSA) is 58.6 Å². The van der Waals surface area contributed by atoms with Gasteiger partial charge in [-0.05, 0) is 49.8 Å². The van der Waals surface area contributed by atoms with Gasteiger partial charge in [0.15, 0.2) is 0 Å². The summed E-state index contributed by atoms with van der Waals surface area (Å²) in [6, 6.07) is 5.49. The van der Waals surface area contributed by atoms with Gasteiger partial charge in [-0.25, -0.2) is 0 Å². The molecule has 2 rings (SSSR count). The normalized spacial score (nSPS) is 17.3. The summed E-state index contributed by atoms with van der Waals surface area (Å²) in [5.74, 6) is -0.650. The van der Waals surface area contributed by atoms with Crippen molar-refractivity contribution in [3.63, 3.8) is 0 Å². The third-order valence-electron chi connectivity index (χ3n) is 3.71. The molecule has 0 spiro atoms. The second-order valence-electron chi connectivity index (χ2n) is 5.44. The standard InChI is InChI=1S/C15H18F3NO3/c16-15(17,18)22-12-5-3-11(4-6-12)7-10-19-13(20)14(21)8-1-2-9-14/h3-6,21H,1-2,7-10H2,(H,19,20). The van der Waals surface area contributed by atoms with Gasteiger partial charge in [0.25, 0.3) is 5.91 Å². The molecule has 0 aliphatic heterocycles. The van der Waals surface area contributed by atoms with Crippen molar-refractivity contribution in [3.05, 3.63) is 29.8 Å². The van der Waals surface area contributed by atoms with Crippen molar-refractivity contribution < 1.29 is 27.8 Å². The molecule has 1 amide bonds. The first-order chi connectivity index (χ1) is 10.3. The molecule has 4 nitrogen and oxygen atoms in total. The summed E-state index contributed by atoms with van der Waals surface area (Å²) in [5.41, 5.74) is -0.488. The van der Waals surface area contributed by atoms with Crippen LogP contribution < -0.4 is 10.1 Å². The van der Waals surface area contributed by atoms with Crippen molar-refractivity contribution >= 4 is 5.91 Å². The largest absolute Gasteiger partial charge is 0.573 e. The van der Waals surface area contributed by atoms with E-state index in [0.29, 0.717) is 25.8 Å². The Balaban J connectivity index is 1.78. The highest BCUT2D eigenvalue weighted by Crippen LogP contribution is 2.29. The van der Waals surface area contributed by atoms with Crippen molar-refractivity contribution in [2.24, 2.45) is 0 Å². The molecule has 1 fully saturated rings. The van der Waals surface area contributed by atoms with Crippen molar-refractivity contribution in [2.75, 3.05) is 6.54 Å². The number of ether oxygens (including phenoxy) is 1. The molecule has 0 aromatic heterocycles. The second kappa shape index (κ2) is 6.56. The lowest BCUT2D eigenvalue weighted by molar-refractivity contribution is -0.274. The van der Waals surface area contributed by atoms with Crippen LogP contribution >= 0.6 is 0 Å². The molecule has 22 heavy (non-hydrogen) atoms. The van der Waals surface area contributed by atoms with E-state index in [1.165, 1.54) is 24.3 Å². The van der Waals surface area contributed by atoms with Crippen molar-refractivity contribution in [2.45, 2.75) is 44.1 Å². The molecule has 2 N–H and O–H groups in total. The fourth-order valence-corrected chi connectivity index (χ4v) is 2.53. The molecule has 1 aliphatic carbocycles. The average Bonchev–Trinajstić information content (AvgIpc) is 2.87. The number of aliphatic hydroxyl groups is 1. The molecule has 1 saturated carbocycles. The van der Waals surface area contributed by atoms with Gasteiger partial charge in [-0.3, -0.25) is 4.79 Å². The van der Waals surface area contributed by atoms with Crippen molar-refractivity contribution in [1.29, 1.82) is 0 Å². The van der Waals surface area contributed by atoms with Gasteiger partial charge >= 0.3 is 6.36 Å². The van der Waals surface area contributed by atoms with Gasteiger partial charge < -0.3 is 15.2 Å². The van der Waals surface area contributed by atoms with Gasteiger partial charge in [0.1, 0.15) is 11.4 Å². The minimum atomic E-state index is -4.70. The molecular weight excluding hydrogens is 299 g/mol. The first-order valence-electron chi connectivity index (χ1n) is 7.14. The molecule has 1 aromatic carbocycles. The van der Waals surface area contributed by atoms with Crippen LogP contribution in [0.5, 0.6) is 5.75 Å². The van der Waals surface area contributed by atoms with Crippen LogP contribution in [-0.2, 0) is 11.2 Å². The van der Waals surface area contributed by atoms with Crippen LogP contribution in [0.2, 0.25) is 0 Å². The minimum absolute atomic E-state index is 0.277. The Kier molecular flexibility index (Phi) is 4.95. The Hall–Kier alpha value is -1.76. The monoisotopic (exact) mass is 317 g/mol. The molecule has 0 heterocycles. The summed E-state index contributed by atoms with van der Waals surface area (Å²) in [4.78, 5) is 11.9. The Labute approximate surface area is 126 Å². The van der Waals surface area contributed by atoms with Crippen LogP contribution in [0.3, 0.4) is 0 Å². The van der Waals surface area contributed by atoms with Gasteiger partial charge in [-0.1, -0.05) is 12.1 Å². The average molecular weight is 317 g/mol. The lowest BCUT2D eigenvalue weighted by atomic mass is 10.0. The number of alkyl halides is 3. The van der Waals surface area contributed by atoms with Crippen LogP contribution in [0.15, 0.2) is 24.3 Å². The SMILES string of the molecule is O=C(NCCc1ccc(OC(F)(F)F)cc1)C1(O)CCCC1. The first-order valence-corrected chi connectivity index (χ1v) is 7.14. The highest BCUT2D eigenvalue weighted by atomic mass is 19.4. The molecule has 0 atom stereocenters. The molecule has 0 saturated heterocycles. The van der Waals surface area contributed by atoms with Crippen molar-refractivity contribution in [3.8, 4) is 5.75 Å². The molecule has 1 aliphatic rings. The number of amides is 1. The molecule has 122 valence electrons. The Morgan fingerprint density at radius 3 is 2.36 bits per heavy atom. The smallest absolute Gasteiger partial charge is 0.406 e. The van der Waals surface area contributed by atoms with E-state index < -0.39 is 12.0 Å². The Morgan fingerprint density at radius 2 is 1.82 bits per heavy atom. The van der Waals surface area contributed by atoms with E-state index in [9.17, 15) is 23.1 Å². The molecule has 1 aromatic rings. The van der Waals surface area contributed by atoms with Crippen LogP contribution in [-0.4, -0.2) is 29.5 Å². The summed E-state index contributed by atoms with van der Waals surface area (Å²) in [5, 5.41) is 12.7. The van der Waals surface area contributed by atoms with E-state index in [0.717, 1.165) is 18.4 Å². The lowest BCUT2D eigenvalue weighted by Crippen LogP contribution is -2.45. The van der Waals surface area contributed by atoms with E-state index in [2.05, 4.69) is 10.1 Å². The number of nitrogens with one attached hydrogen (secondary N) is 1. The third-order valence-corrected chi connectivity index (χ3v) is 3.71. The zero-order chi connectivity index (χ0) is 16.2. The van der Waals surface area contributed by atoms with Crippen LogP contribution in [0.4, 0.5) is 13.2 Å². The van der Waals surface area contributed by atoms with E-state index >= 15 is 0 Å². The Morgan fingerprint density at radius 1 is 1.23 bits per heavy atom. The van der Waals surface area contributed by atoms with E-state index in [1.54, 1.807) is 0 Å². The maximum atomic E-state index is 12.0. The lowest BCUT2D eigenvalue weighted by Gasteiger charge is -2.20.